The smallest absolute Gasteiger partial charge is 0.387 e. The molecule has 1 saturated carbocycles. The topological polar surface area (TPSA) is 81.2 Å². The maximum absolute atomic E-state index is 12.7. The van der Waals surface area contributed by atoms with E-state index >= 15 is 0 Å². The Labute approximate surface area is 158 Å². The monoisotopic (exact) mass is 399 g/mol. The first-order chi connectivity index (χ1) is 13.3. The first kappa shape index (κ1) is 19.9. The van der Waals surface area contributed by atoms with E-state index in [-0.39, 0.29) is 5.92 Å². The van der Waals surface area contributed by atoms with E-state index in [1.54, 1.807) is 6.92 Å². The number of nitriles is 1. The second-order valence-corrected chi connectivity index (χ2v) is 6.57. The van der Waals surface area contributed by atoms with Gasteiger partial charge in [0.25, 0.3) is 0 Å². The molecule has 0 unspecified atom stereocenters. The number of aryl methyl sites for hydroxylation is 1. The maximum Gasteiger partial charge on any atom is 0.387 e. The predicted molar refractivity (Wildman–Crippen MR) is 87.2 cm³/mol. The van der Waals surface area contributed by atoms with Gasteiger partial charge in [0.05, 0.1) is 11.5 Å². The molecule has 6 nitrogen and oxygen atoms in total. The number of nitrogens with zero attached hydrogens (tertiary/aromatic N) is 3. The van der Waals surface area contributed by atoms with Crippen LogP contribution in [0.15, 0.2) is 22.7 Å². The Bertz CT molecular complexity index is 858. The molecule has 0 spiro atoms. The second-order valence-electron chi connectivity index (χ2n) is 6.57. The highest BCUT2D eigenvalue weighted by molar-refractivity contribution is 5.47. The Morgan fingerprint density at radius 2 is 1.79 bits per heavy atom. The van der Waals surface area contributed by atoms with E-state index in [4.69, 9.17) is 4.52 Å². The SMILES string of the molecule is Cc1noc([C@H]2CC[C@](C#N)(c3ccc(OC(F)F)c(OC(F)F)c3)CC2)n1. The van der Waals surface area contributed by atoms with Crippen molar-refractivity contribution in [3.63, 3.8) is 0 Å². The molecule has 0 bridgehead atoms. The lowest BCUT2D eigenvalue weighted by atomic mass is 9.67. The fourth-order valence-corrected chi connectivity index (χ4v) is 3.49. The second kappa shape index (κ2) is 8.04. The van der Waals surface area contributed by atoms with Crippen molar-refractivity contribution in [3.05, 3.63) is 35.5 Å². The molecule has 2 aromatic rings. The highest BCUT2D eigenvalue weighted by Crippen LogP contribution is 2.46. The van der Waals surface area contributed by atoms with Crippen LogP contribution in [0.4, 0.5) is 17.6 Å². The Balaban J connectivity index is 1.85. The van der Waals surface area contributed by atoms with Crippen LogP contribution in [-0.2, 0) is 5.41 Å². The normalized spacial score (nSPS) is 22.3. The highest BCUT2D eigenvalue weighted by atomic mass is 19.3. The van der Waals surface area contributed by atoms with Crippen molar-refractivity contribution in [1.29, 1.82) is 5.26 Å². The lowest BCUT2D eigenvalue weighted by molar-refractivity contribution is -0.0693. The van der Waals surface area contributed by atoms with Crippen LogP contribution < -0.4 is 9.47 Å². The Morgan fingerprint density at radius 3 is 2.32 bits per heavy atom. The van der Waals surface area contributed by atoms with Crippen molar-refractivity contribution in [2.45, 2.75) is 57.2 Å². The van der Waals surface area contributed by atoms with Crippen molar-refractivity contribution in [1.82, 2.24) is 10.1 Å². The highest BCUT2D eigenvalue weighted by Gasteiger charge is 2.39. The molecule has 1 aromatic carbocycles. The third kappa shape index (κ3) is 4.18. The van der Waals surface area contributed by atoms with Crippen LogP contribution in [0.25, 0.3) is 0 Å². The van der Waals surface area contributed by atoms with Gasteiger partial charge in [-0.2, -0.15) is 27.8 Å². The molecule has 0 amide bonds. The minimum absolute atomic E-state index is 0.000833. The van der Waals surface area contributed by atoms with E-state index in [2.05, 4.69) is 25.7 Å². The minimum atomic E-state index is -3.22. The number of halogens is 4. The molecule has 0 atom stereocenters. The summed E-state index contributed by atoms with van der Waals surface area (Å²) in [6.07, 6.45) is 1.99. The van der Waals surface area contributed by atoms with E-state index in [0.717, 1.165) is 6.07 Å². The average Bonchev–Trinajstić information content (AvgIpc) is 3.09. The van der Waals surface area contributed by atoms with Gasteiger partial charge in [0.15, 0.2) is 17.3 Å². The van der Waals surface area contributed by atoms with E-state index in [0.29, 0.717) is 43.0 Å². The molecule has 1 aliphatic rings. The van der Waals surface area contributed by atoms with Crippen LogP contribution in [0.2, 0.25) is 0 Å². The number of benzene rings is 1. The molecule has 3 rings (SSSR count). The maximum atomic E-state index is 12.7. The quantitative estimate of drug-likeness (QED) is 0.655. The number of hydrogen-bond acceptors (Lipinski definition) is 6. The molecule has 0 saturated heterocycles. The molecule has 1 fully saturated rings. The number of alkyl halides is 4. The first-order valence-electron chi connectivity index (χ1n) is 8.58. The van der Waals surface area contributed by atoms with Gasteiger partial charge >= 0.3 is 13.2 Å². The van der Waals surface area contributed by atoms with Crippen LogP contribution >= 0.6 is 0 Å². The zero-order chi connectivity index (χ0) is 20.3. The molecule has 0 radical (unpaired) electrons. The van der Waals surface area contributed by atoms with E-state index in [9.17, 15) is 22.8 Å². The fraction of sp³-hybridized carbons (Fsp3) is 0.500. The summed E-state index contributed by atoms with van der Waals surface area (Å²) in [4.78, 5) is 4.22. The summed E-state index contributed by atoms with van der Waals surface area (Å²) in [6.45, 7) is -4.70. The summed E-state index contributed by atoms with van der Waals surface area (Å²) in [5.41, 5.74) is -0.553. The fourth-order valence-electron chi connectivity index (χ4n) is 3.49. The van der Waals surface area contributed by atoms with Gasteiger partial charge in [-0.05, 0) is 50.3 Å². The summed E-state index contributed by atoms with van der Waals surface area (Å²) in [7, 11) is 0. The van der Waals surface area contributed by atoms with Gasteiger partial charge in [-0.3, -0.25) is 0 Å². The third-order valence-corrected chi connectivity index (χ3v) is 4.87. The van der Waals surface area contributed by atoms with Crippen molar-refractivity contribution >= 4 is 0 Å². The van der Waals surface area contributed by atoms with Crippen molar-refractivity contribution in [2.75, 3.05) is 0 Å². The molecule has 0 aliphatic heterocycles. The van der Waals surface area contributed by atoms with Crippen molar-refractivity contribution < 1.29 is 31.6 Å². The lowest BCUT2D eigenvalue weighted by Crippen LogP contribution is -2.30. The van der Waals surface area contributed by atoms with Crippen molar-refractivity contribution in [2.24, 2.45) is 0 Å². The van der Waals surface area contributed by atoms with Gasteiger partial charge < -0.3 is 14.0 Å². The van der Waals surface area contributed by atoms with Crippen molar-refractivity contribution in [3.8, 4) is 17.6 Å². The molecular formula is C18H17F4N3O3. The molecule has 1 aliphatic carbocycles. The molecule has 1 heterocycles. The molecule has 28 heavy (non-hydrogen) atoms. The predicted octanol–water partition coefficient (Wildman–Crippen LogP) is 4.70. The summed E-state index contributed by atoms with van der Waals surface area (Å²) < 4.78 is 64.1. The Hall–Kier alpha value is -2.83. The summed E-state index contributed by atoms with van der Waals surface area (Å²) >= 11 is 0. The van der Waals surface area contributed by atoms with Gasteiger partial charge in [0, 0.05) is 5.92 Å². The van der Waals surface area contributed by atoms with Crippen LogP contribution in [0, 0.1) is 18.3 Å². The lowest BCUT2D eigenvalue weighted by Gasteiger charge is -2.34. The van der Waals surface area contributed by atoms with E-state index in [1.165, 1.54) is 12.1 Å². The van der Waals surface area contributed by atoms with Gasteiger partial charge in [0.1, 0.15) is 0 Å². The van der Waals surface area contributed by atoms with Crippen LogP contribution in [-0.4, -0.2) is 23.4 Å². The largest absolute Gasteiger partial charge is 0.431 e. The zero-order valence-corrected chi connectivity index (χ0v) is 14.9. The third-order valence-electron chi connectivity index (χ3n) is 4.87. The number of aromatic nitrogens is 2. The summed E-state index contributed by atoms with van der Waals surface area (Å²) in [5.74, 6) is -0.0119. The zero-order valence-electron chi connectivity index (χ0n) is 14.9. The van der Waals surface area contributed by atoms with Gasteiger partial charge in [-0.1, -0.05) is 11.2 Å². The molecule has 150 valence electrons. The Kier molecular flexibility index (Phi) is 5.72. The molecule has 0 N–H and O–H groups in total. The van der Waals surface area contributed by atoms with Gasteiger partial charge in [0.2, 0.25) is 5.89 Å². The number of rotatable bonds is 6. The first-order valence-corrected chi connectivity index (χ1v) is 8.58. The average molecular weight is 399 g/mol. The van der Waals surface area contributed by atoms with Gasteiger partial charge in [-0.15, -0.1) is 0 Å². The van der Waals surface area contributed by atoms with Crippen LogP contribution in [0.1, 0.15) is 48.9 Å². The molecule has 10 heteroatoms. The van der Waals surface area contributed by atoms with Crippen LogP contribution in [0.3, 0.4) is 0 Å². The van der Waals surface area contributed by atoms with E-state index in [1.807, 2.05) is 0 Å². The number of hydrogen-bond donors (Lipinski definition) is 0. The van der Waals surface area contributed by atoms with Gasteiger partial charge in [-0.25, -0.2) is 0 Å². The summed E-state index contributed by atoms with van der Waals surface area (Å²) in [6, 6.07) is 5.97. The summed E-state index contributed by atoms with van der Waals surface area (Å²) in [5, 5.41) is 13.6. The van der Waals surface area contributed by atoms with E-state index < -0.39 is 30.1 Å². The molecule has 1 aromatic heterocycles. The molecular weight excluding hydrogens is 382 g/mol. The standard InChI is InChI=1S/C18H17F4N3O3/c1-10-24-15(28-25-10)11-4-6-18(9-23,7-5-11)12-2-3-13(26-16(19)20)14(8-12)27-17(21)22/h2-3,8,11,16-17H,4-7H2,1H3/t11-,18-. The number of ether oxygens (including phenoxy) is 2. The van der Waals surface area contributed by atoms with Crippen LogP contribution in [0.5, 0.6) is 11.5 Å². The Morgan fingerprint density at radius 1 is 1.14 bits per heavy atom. The minimum Gasteiger partial charge on any atom is -0.431 e.